The highest BCUT2D eigenvalue weighted by Gasteiger charge is 2.38. The van der Waals surface area contributed by atoms with Crippen molar-refractivity contribution < 1.29 is 23.4 Å². The van der Waals surface area contributed by atoms with E-state index in [9.17, 15) is 4.79 Å². The molecule has 0 bridgehead atoms. The maximum atomic E-state index is 11.2. The molecule has 5 nitrogen and oxygen atoms in total. The fraction of sp³-hybridized carbons (Fsp3) is 0.947. The Bertz CT molecular complexity index is 421. The average Bonchev–Trinajstić information content (AvgIpc) is 2.56. The van der Waals surface area contributed by atoms with Gasteiger partial charge < -0.3 is 23.4 Å². The van der Waals surface area contributed by atoms with E-state index in [1.54, 1.807) is 0 Å². The molecule has 0 spiro atoms. The van der Waals surface area contributed by atoms with Crippen LogP contribution in [0.1, 0.15) is 52.9 Å². The molecule has 0 aromatic carbocycles. The molecule has 146 valence electrons. The molecule has 2 aliphatic rings. The lowest BCUT2D eigenvalue weighted by molar-refractivity contribution is -0.178. The van der Waals surface area contributed by atoms with E-state index >= 15 is 0 Å². The highest BCUT2D eigenvalue weighted by atomic mass is 28.4. The van der Waals surface area contributed by atoms with Crippen LogP contribution >= 0.6 is 0 Å². The zero-order chi connectivity index (χ0) is 18.5. The molecule has 0 amide bonds. The minimum atomic E-state index is -1.73. The number of ether oxygens (including phenoxy) is 3. The monoisotopic (exact) mass is 372 g/mol. The molecule has 2 rings (SSSR count). The van der Waals surface area contributed by atoms with Crippen molar-refractivity contribution >= 4 is 14.6 Å². The Morgan fingerprint density at radius 2 is 1.72 bits per heavy atom. The van der Waals surface area contributed by atoms with Gasteiger partial charge in [-0.15, -0.1) is 0 Å². The Labute approximate surface area is 153 Å². The molecule has 0 N–H and O–H groups in total. The van der Waals surface area contributed by atoms with Gasteiger partial charge in [-0.25, -0.2) is 0 Å². The Kier molecular flexibility index (Phi) is 7.64. The van der Waals surface area contributed by atoms with Crippen molar-refractivity contribution in [1.29, 1.82) is 0 Å². The van der Waals surface area contributed by atoms with E-state index in [0.29, 0.717) is 13.2 Å². The summed E-state index contributed by atoms with van der Waals surface area (Å²) in [5.74, 6) is 0. The second-order valence-electron chi connectivity index (χ2n) is 8.78. The zero-order valence-corrected chi connectivity index (χ0v) is 17.6. The minimum Gasteiger partial charge on any atom is -0.417 e. The first-order valence-electron chi connectivity index (χ1n) is 9.72. The summed E-state index contributed by atoms with van der Waals surface area (Å²) in [5, 5.41) is 0.215. The molecule has 0 unspecified atom stereocenters. The predicted molar refractivity (Wildman–Crippen MR) is 100 cm³/mol. The quantitative estimate of drug-likeness (QED) is 0.504. The largest absolute Gasteiger partial charge is 0.417 e. The number of hydrogen-bond donors (Lipinski definition) is 0. The third kappa shape index (κ3) is 5.86. The summed E-state index contributed by atoms with van der Waals surface area (Å²) in [5.41, 5.74) is 0. The van der Waals surface area contributed by atoms with Crippen LogP contribution in [0.15, 0.2) is 0 Å². The summed E-state index contributed by atoms with van der Waals surface area (Å²) in [7, 11) is -1.73. The lowest BCUT2D eigenvalue weighted by atomic mass is 10.0. The van der Waals surface area contributed by atoms with Crippen LogP contribution in [0.25, 0.3) is 0 Å². The van der Waals surface area contributed by atoms with Gasteiger partial charge in [-0.05, 0) is 50.2 Å². The molecule has 0 saturated carbocycles. The molecule has 0 aliphatic carbocycles. The summed E-state index contributed by atoms with van der Waals surface area (Å²) in [6.07, 6.45) is 5.05. The Morgan fingerprint density at radius 3 is 2.36 bits per heavy atom. The van der Waals surface area contributed by atoms with Gasteiger partial charge in [0.25, 0.3) is 0 Å². The van der Waals surface area contributed by atoms with Crippen molar-refractivity contribution in [1.82, 2.24) is 0 Å². The zero-order valence-electron chi connectivity index (χ0n) is 16.6. The molecule has 0 aromatic rings. The molecule has 2 saturated heterocycles. The van der Waals surface area contributed by atoms with Gasteiger partial charge in [-0.3, -0.25) is 0 Å². The lowest BCUT2D eigenvalue weighted by Crippen LogP contribution is -2.46. The molecule has 0 radical (unpaired) electrons. The van der Waals surface area contributed by atoms with Gasteiger partial charge in [0.1, 0.15) is 6.10 Å². The normalized spacial score (nSPS) is 31.7. The van der Waals surface area contributed by atoms with Gasteiger partial charge in [-0.1, -0.05) is 20.8 Å². The number of carbonyl (C=O) groups is 1. The molecule has 4 atom stereocenters. The van der Waals surface area contributed by atoms with E-state index in [1.165, 1.54) is 0 Å². The maximum absolute atomic E-state index is 11.2. The average molecular weight is 373 g/mol. The van der Waals surface area contributed by atoms with Gasteiger partial charge in [0, 0.05) is 19.8 Å². The highest BCUT2D eigenvalue weighted by Crippen LogP contribution is 2.37. The second-order valence-corrected chi connectivity index (χ2v) is 13.6. The molecule has 0 aromatic heterocycles. The standard InChI is InChI=1S/C19H36O5Si/c1-19(2,3)25(4,5)23-13-10-15-16(8-6-11-21-15)24-17-9-7-12-22-18(17)14-20/h14-18H,6-13H2,1-5H3/t15-,16+,17-,18+/m0/s1. The van der Waals surface area contributed by atoms with Crippen LogP contribution in [0.4, 0.5) is 0 Å². The molecule has 2 fully saturated rings. The Balaban J connectivity index is 1.86. The van der Waals surface area contributed by atoms with E-state index in [2.05, 4.69) is 33.9 Å². The first-order chi connectivity index (χ1) is 11.7. The van der Waals surface area contributed by atoms with Gasteiger partial charge in [-0.2, -0.15) is 0 Å². The third-order valence-electron chi connectivity index (χ3n) is 5.84. The second kappa shape index (κ2) is 9.09. The SMILES string of the molecule is CC(C)(C)[Si](C)(C)OCC[C@@H]1OCCC[C@H]1O[C@H]1CCCO[C@@H]1C=O. The molecule has 6 heteroatoms. The van der Waals surface area contributed by atoms with Crippen molar-refractivity contribution in [2.24, 2.45) is 0 Å². The minimum absolute atomic E-state index is 0.0333. The van der Waals surface area contributed by atoms with E-state index < -0.39 is 14.4 Å². The van der Waals surface area contributed by atoms with Crippen LogP contribution in [-0.2, 0) is 23.4 Å². The smallest absolute Gasteiger partial charge is 0.191 e. The molecule has 2 aliphatic heterocycles. The van der Waals surface area contributed by atoms with Crippen molar-refractivity contribution in [2.45, 2.75) is 95.4 Å². The number of carbonyl (C=O) groups excluding carboxylic acids is 1. The Morgan fingerprint density at radius 1 is 1.08 bits per heavy atom. The highest BCUT2D eigenvalue weighted by molar-refractivity contribution is 6.74. The van der Waals surface area contributed by atoms with Crippen LogP contribution in [0.5, 0.6) is 0 Å². The fourth-order valence-electron chi connectivity index (χ4n) is 3.16. The number of aldehydes is 1. The predicted octanol–water partition coefficient (Wildman–Crippen LogP) is 3.71. The van der Waals surface area contributed by atoms with E-state index in [4.69, 9.17) is 18.6 Å². The van der Waals surface area contributed by atoms with Gasteiger partial charge in [0.05, 0.1) is 18.3 Å². The van der Waals surface area contributed by atoms with Crippen molar-refractivity contribution in [3.63, 3.8) is 0 Å². The first kappa shape index (κ1) is 21.0. The van der Waals surface area contributed by atoms with E-state index in [1.807, 2.05) is 0 Å². The van der Waals surface area contributed by atoms with Crippen molar-refractivity contribution in [2.75, 3.05) is 19.8 Å². The lowest BCUT2D eigenvalue weighted by Gasteiger charge is -2.39. The topological polar surface area (TPSA) is 54.0 Å². The molecular formula is C19H36O5Si. The van der Waals surface area contributed by atoms with E-state index in [0.717, 1.165) is 45.0 Å². The molecule has 25 heavy (non-hydrogen) atoms. The summed E-state index contributed by atoms with van der Waals surface area (Å²) < 4.78 is 24.1. The van der Waals surface area contributed by atoms with Gasteiger partial charge in [0.2, 0.25) is 0 Å². The summed E-state index contributed by atoms with van der Waals surface area (Å²) in [4.78, 5) is 11.2. The summed E-state index contributed by atoms with van der Waals surface area (Å²) >= 11 is 0. The Hall–Kier alpha value is -0.273. The maximum Gasteiger partial charge on any atom is 0.191 e. The van der Waals surface area contributed by atoms with E-state index in [-0.39, 0.29) is 23.4 Å². The van der Waals surface area contributed by atoms with Gasteiger partial charge >= 0.3 is 0 Å². The van der Waals surface area contributed by atoms with Crippen LogP contribution in [0.3, 0.4) is 0 Å². The summed E-state index contributed by atoms with van der Waals surface area (Å²) in [6, 6.07) is 0. The van der Waals surface area contributed by atoms with Crippen LogP contribution in [0, 0.1) is 0 Å². The van der Waals surface area contributed by atoms with Crippen molar-refractivity contribution in [3.8, 4) is 0 Å². The number of rotatable bonds is 7. The number of hydrogen-bond acceptors (Lipinski definition) is 5. The van der Waals surface area contributed by atoms with Crippen LogP contribution in [0.2, 0.25) is 18.1 Å². The van der Waals surface area contributed by atoms with Crippen molar-refractivity contribution in [3.05, 3.63) is 0 Å². The molecule has 2 heterocycles. The van der Waals surface area contributed by atoms with Crippen LogP contribution < -0.4 is 0 Å². The van der Waals surface area contributed by atoms with Crippen LogP contribution in [-0.4, -0.2) is 58.8 Å². The summed E-state index contributed by atoms with van der Waals surface area (Å²) in [6.45, 7) is 13.4. The van der Waals surface area contributed by atoms with Gasteiger partial charge in [0.15, 0.2) is 14.6 Å². The fourth-order valence-corrected chi connectivity index (χ4v) is 4.22. The first-order valence-corrected chi connectivity index (χ1v) is 12.6. The molecular weight excluding hydrogens is 336 g/mol. The third-order valence-corrected chi connectivity index (χ3v) is 10.4.